The van der Waals surface area contributed by atoms with Gasteiger partial charge in [-0.2, -0.15) is 0 Å². The van der Waals surface area contributed by atoms with Gasteiger partial charge in [0.1, 0.15) is 5.82 Å². The van der Waals surface area contributed by atoms with Gasteiger partial charge in [0.25, 0.3) is 0 Å². The topological polar surface area (TPSA) is 58.1 Å². The van der Waals surface area contributed by atoms with Crippen LogP contribution in [0.3, 0.4) is 0 Å². The number of amides is 1. The van der Waals surface area contributed by atoms with E-state index in [1.807, 2.05) is 11.1 Å². The number of likely N-dealkylation sites (tertiary alicyclic amines) is 1. The SMILES string of the molecule is O=C(Cc1cccc(F)c1)N1CCCCC1c1ncc2c(n1)CCNC2. The van der Waals surface area contributed by atoms with E-state index >= 15 is 0 Å². The molecule has 0 bridgehead atoms. The molecule has 0 saturated carbocycles. The summed E-state index contributed by atoms with van der Waals surface area (Å²) in [5.41, 5.74) is 2.95. The highest BCUT2D eigenvalue weighted by molar-refractivity contribution is 5.79. The summed E-state index contributed by atoms with van der Waals surface area (Å²) in [6, 6.07) is 6.19. The second kappa shape index (κ2) is 7.50. The van der Waals surface area contributed by atoms with Crippen LogP contribution in [-0.2, 0) is 24.2 Å². The molecular formula is C20H23FN4O. The van der Waals surface area contributed by atoms with Crippen LogP contribution in [0.15, 0.2) is 30.5 Å². The monoisotopic (exact) mass is 354 g/mol. The van der Waals surface area contributed by atoms with Crippen LogP contribution in [0.1, 0.15) is 47.9 Å². The summed E-state index contributed by atoms with van der Waals surface area (Å²) in [6.07, 6.45) is 5.94. The molecule has 0 spiro atoms. The number of rotatable bonds is 3. The van der Waals surface area contributed by atoms with Gasteiger partial charge in [-0.15, -0.1) is 0 Å². The fraction of sp³-hybridized carbons (Fsp3) is 0.450. The highest BCUT2D eigenvalue weighted by atomic mass is 19.1. The Kier molecular flexibility index (Phi) is 4.93. The molecule has 0 radical (unpaired) electrons. The molecule has 2 aliphatic rings. The van der Waals surface area contributed by atoms with Crippen LogP contribution in [-0.4, -0.2) is 33.9 Å². The maximum absolute atomic E-state index is 13.4. The summed E-state index contributed by atoms with van der Waals surface area (Å²) in [5, 5.41) is 3.32. The zero-order chi connectivity index (χ0) is 17.9. The highest BCUT2D eigenvalue weighted by Crippen LogP contribution is 2.30. The van der Waals surface area contributed by atoms with Gasteiger partial charge in [-0.1, -0.05) is 12.1 Å². The van der Waals surface area contributed by atoms with Gasteiger partial charge in [-0.25, -0.2) is 14.4 Å². The number of carbonyl (C=O) groups is 1. The van der Waals surface area contributed by atoms with E-state index in [0.29, 0.717) is 12.1 Å². The molecule has 1 unspecified atom stereocenters. The number of carbonyl (C=O) groups excluding carboxylic acids is 1. The van der Waals surface area contributed by atoms with E-state index in [-0.39, 0.29) is 24.2 Å². The highest BCUT2D eigenvalue weighted by Gasteiger charge is 2.30. The van der Waals surface area contributed by atoms with Crippen molar-refractivity contribution >= 4 is 5.91 Å². The van der Waals surface area contributed by atoms with Gasteiger partial charge < -0.3 is 10.2 Å². The van der Waals surface area contributed by atoms with Crippen LogP contribution in [0, 0.1) is 5.82 Å². The molecule has 1 N–H and O–H groups in total. The van der Waals surface area contributed by atoms with Crippen molar-refractivity contribution in [2.24, 2.45) is 0 Å². The minimum absolute atomic E-state index is 0.0169. The fourth-order valence-electron chi connectivity index (χ4n) is 3.83. The molecule has 1 fully saturated rings. The number of hydrogen-bond acceptors (Lipinski definition) is 4. The number of nitrogens with zero attached hydrogens (tertiary/aromatic N) is 3. The lowest BCUT2D eigenvalue weighted by molar-refractivity contribution is -0.134. The van der Waals surface area contributed by atoms with Crippen LogP contribution in [0.2, 0.25) is 0 Å². The molecule has 26 heavy (non-hydrogen) atoms. The molecule has 4 rings (SSSR count). The van der Waals surface area contributed by atoms with Crippen molar-refractivity contribution in [3.05, 3.63) is 58.9 Å². The van der Waals surface area contributed by atoms with E-state index in [1.54, 1.807) is 12.1 Å². The number of fused-ring (bicyclic) bond motifs is 1. The third-order valence-electron chi connectivity index (χ3n) is 5.19. The first-order valence-electron chi connectivity index (χ1n) is 9.30. The molecule has 3 heterocycles. The Morgan fingerprint density at radius 2 is 2.27 bits per heavy atom. The molecule has 1 atom stereocenters. The molecule has 2 aliphatic heterocycles. The van der Waals surface area contributed by atoms with E-state index in [1.165, 1.54) is 12.1 Å². The van der Waals surface area contributed by atoms with Gasteiger partial charge >= 0.3 is 0 Å². The van der Waals surface area contributed by atoms with Crippen molar-refractivity contribution in [3.63, 3.8) is 0 Å². The standard InChI is InChI=1S/C20H23FN4O/c21-16-5-3-4-14(10-16)11-19(26)25-9-2-1-6-18(25)20-23-13-15-12-22-8-7-17(15)24-20/h3-5,10,13,18,22H,1-2,6-9,11-12H2. The number of piperidine rings is 1. The Morgan fingerprint density at radius 1 is 1.35 bits per heavy atom. The number of nitrogens with one attached hydrogen (secondary N) is 1. The molecule has 136 valence electrons. The van der Waals surface area contributed by atoms with Crippen LogP contribution in [0.5, 0.6) is 0 Å². The van der Waals surface area contributed by atoms with E-state index in [2.05, 4.69) is 10.3 Å². The first-order chi connectivity index (χ1) is 12.7. The summed E-state index contributed by atoms with van der Waals surface area (Å²) in [4.78, 5) is 24.1. The third kappa shape index (κ3) is 3.60. The lowest BCUT2D eigenvalue weighted by atomic mass is 9.99. The van der Waals surface area contributed by atoms with E-state index in [9.17, 15) is 9.18 Å². The lowest BCUT2D eigenvalue weighted by Crippen LogP contribution is -2.40. The fourth-order valence-corrected chi connectivity index (χ4v) is 3.83. The van der Waals surface area contributed by atoms with Gasteiger partial charge in [-0.3, -0.25) is 4.79 Å². The predicted octanol–water partition coefficient (Wildman–Crippen LogP) is 2.56. The molecule has 1 aromatic heterocycles. The normalized spacial score (nSPS) is 19.9. The van der Waals surface area contributed by atoms with Crippen molar-refractivity contribution in [1.82, 2.24) is 20.2 Å². The number of aromatic nitrogens is 2. The summed E-state index contributed by atoms with van der Waals surface area (Å²) >= 11 is 0. The van der Waals surface area contributed by atoms with Gasteiger partial charge in [0.2, 0.25) is 5.91 Å². The average Bonchev–Trinajstić information content (AvgIpc) is 2.67. The van der Waals surface area contributed by atoms with Crippen molar-refractivity contribution in [3.8, 4) is 0 Å². The summed E-state index contributed by atoms with van der Waals surface area (Å²) in [6.45, 7) is 2.44. The van der Waals surface area contributed by atoms with Gasteiger partial charge in [0, 0.05) is 43.5 Å². The number of halogens is 1. The Bertz CT molecular complexity index is 810. The predicted molar refractivity (Wildman–Crippen MR) is 95.9 cm³/mol. The van der Waals surface area contributed by atoms with Crippen LogP contribution in [0.25, 0.3) is 0 Å². The maximum atomic E-state index is 13.4. The van der Waals surface area contributed by atoms with Crippen molar-refractivity contribution < 1.29 is 9.18 Å². The first-order valence-corrected chi connectivity index (χ1v) is 9.30. The van der Waals surface area contributed by atoms with Gasteiger partial charge in [-0.05, 0) is 37.0 Å². The zero-order valence-electron chi connectivity index (χ0n) is 14.7. The molecule has 1 saturated heterocycles. The van der Waals surface area contributed by atoms with E-state index < -0.39 is 0 Å². The molecule has 1 amide bonds. The number of hydrogen-bond donors (Lipinski definition) is 1. The second-order valence-electron chi connectivity index (χ2n) is 7.03. The largest absolute Gasteiger partial charge is 0.332 e. The second-order valence-corrected chi connectivity index (χ2v) is 7.03. The molecule has 1 aromatic carbocycles. The van der Waals surface area contributed by atoms with Crippen molar-refractivity contribution in [2.45, 2.75) is 44.7 Å². The van der Waals surface area contributed by atoms with Crippen molar-refractivity contribution in [2.75, 3.05) is 13.1 Å². The first kappa shape index (κ1) is 17.1. The summed E-state index contributed by atoms with van der Waals surface area (Å²) in [5.74, 6) is 0.457. The molecular weight excluding hydrogens is 331 g/mol. The van der Waals surface area contributed by atoms with E-state index in [4.69, 9.17) is 4.98 Å². The summed E-state index contributed by atoms with van der Waals surface area (Å²) in [7, 11) is 0. The Balaban J connectivity index is 1.55. The zero-order valence-corrected chi connectivity index (χ0v) is 14.7. The third-order valence-corrected chi connectivity index (χ3v) is 5.19. The van der Waals surface area contributed by atoms with Gasteiger partial charge in [0.05, 0.1) is 12.5 Å². The Hall–Kier alpha value is -2.34. The smallest absolute Gasteiger partial charge is 0.227 e. The van der Waals surface area contributed by atoms with Crippen molar-refractivity contribution in [1.29, 1.82) is 0 Å². The average molecular weight is 354 g/mol. The lowest BCUT2D eigenvalue weighted by Gasteiger charge is -2.35. The van der Waals surface area contributed by atoms with Crippen LogP contribution in [0.4, 0.5) is 4.39 Å². The van der Waals surface area contributed by atoms with Crippen LogP contribution < -0.4 is 5.32 Å². The quantitative estimate of drug-likeness (QED) is 0.920. The molecule has 0 aliphatic carbocycles. The Morgan fingerprint density at radius 3 is 3.15 bits per heavy atom. The van der Waals surface area contributed by atoms with Gasteiger partial charge in [0.15, 0.2) is 5.82 Å². The van der Waals surface area contributed by atoms with Crippen LogP contribution >= 0.6 is 0 Å². The molecule has 2 aromatic rings. The molecule has 6 heteroatoms. The maximum Gasteiger partial charge on any atom is 0.227 e. The minimum Gasteiger partial charge on any atom is -0.332 e. The molecule has 5 nitrogen and oxygen atoms in total. The summed E-state index contributed by atoms with van der Waals surface area (Å²) < 4.78 is 13.4. The Labute approximate surface area is 152 Å². The van der Waals surface area contributed by atoms with E-state index in [0.717, 1.165) is 55.9 Å². The minimum atomic E-state index is -0.308. The number of benzene rings is 1.